The third kappa shape index (κ3) is 6.21. The number of nitrogens with one attached hydrogen (secondary N) is 1. The number of hydrogen-bond donors (Lipinski definition) is 1. The fraction of sp³-hybridized carbons (Fsp3) is 0.438. The van der Waals surface area contributed by atoms with Crippen LogP contribution in [-0.4, -0.2) is 30.8 Å². The summed E-state index contributed by atoms with van der Waals surface area (Å²) < 4.78 is 4.55. The van der Waals surface area contributed by atoms with Crippen LogP contribution in [0.2, 0.25) is 0 Å². The zero-order valence-electron chi connectivity index (χ0n) is 12.4. The summed E-state index contributed by atoms with van der Waals surface area (Å²) in [6.45, 7) is 1.45. The normalized spacial score (nSPS) is 11.5. The molecule has 0 spiro atoms. The zero-order valence-corrected chi connectivity index (χ0v) is 12.4. The highest BCUT2D eigenvalue weighted by molar-refractivity contribution is 5.97. The number of amides is 1. The van der Waals surface area contributed by atoms with E-state index in [0.29, 0.717) is 31.2 Å². The number of ether oxygens (including phenoxy) is 1. The van der Waals surface area contributed by atoms with Crippen LogP contribution in [0.25, 0.3) is 0 Å². The van der Waals surface area contributed by atoms with Crippen molar-refractivity contribution in [2.24, 2.45) is 0 Å². The van der Waals surface area contributed by atoms with Crippen LogP contribution in [0.3, 0.4) is 0 Å². The van der Waals surface area contributed by atoms with E-state index >= 15 is 0 Å². The maximum absolute atomic E-state index is 12.0. The van der Waals surface area contributed by atoms with Crippen molar-refractivity contribution in [1.82, 2.24) is 5.32 Å². The molecule has 0 aliphatic rings. The van der Waals surface area contributed by atoms with Crippen LogP contribution in [0.4, 0.5) is 0 Å². The van der Waals surface area contributed by atoms with Gasteiger partial charge in [-0.2, -0.15) is 0 Å². The lowest BCUT2D eigenvalue weighted by atomic mass is 10.0. The third-order valence-corrected chi connectivity index (χ3v) is 3.18. The van der Waals surface area contributed by atoms with Gasteiger partial charge in [0.25, 0.3) is 5.91 Å². The van der Waals surface area contributed by atoms with E-state index in [1.807, 2.05) is 6.07 Å². The first-order chi connectivity index (χ1) is 10.0. The molecule has 1 aromatic rings. The highest BCUT2D eigenvalue weighted by atomic mass is 16.5. The second kappa shape index (κ2) is 8.89. The molecule has 0 heterocycles. The number of carbonyl (C=O) groups is 3. The van der Waals surface area contributed by atoms with Gasteiger partial charge in [0.15, 0.2) is 5.78 Å². The van der Waals surface area contributed by atoms with Crippen molar-refractivity contribution in [1.29, 1.82) is 0 Å². The van der Waals surface area contributed by atoms with Gasteiger partial charge in [-0.15, -0.1) is 0 Å². The minimum atomic E-state index is -0.518. The van der Waals surface area contributed by atoms with E-state index in [0.717, 1.165) is 0 Å². The fourth-order valence-corrected chi connectivity index (χ4v) is 1.93. The van der Waals surface area contributed by atoms with Crippen LogP contribution in [0.5, 0.6) is 0 Å². The molecule has 1 N–H and O–H groups in total. The molecule has 5 nitrogen and oxygen atoms in total. The maximum atomic E-state index is 12.0. The lowest BCUT2D eigenvalue weighted by molar-refractivity contribution is -0.140. The molecule has 0 fully saturated rings. The highest BCUT2D eigenvalue weighted by Crippen LogP contribution is 2.07. The topological polar surface area (TPSA) is 72.5 Å². The predicted octanol–water partition coefficient (Wildman–Crippen LogP) is 2.11. The van der Waals surface area contributed by atoms with Crippen molar-refractivity contribution in [3.63, 3.8) is 0 Å². The van der Waals surface area contributed by atoms with E-state index in [2.05, 4.69) is 10.1 Å². The number of esters is 1. The summed E-state index contributed by atoms with van der Waals surface area (Å²) >= 11 is 0. The van der Waals surface area contributed by atoms with Gasteiger partial charge in [-0.1, -0.05) is 24.6 Å². The molecular formula is C16H21NO4. The van der Waals surface area contributed by atoms with Crippen LogP contribution in [0.15, 0.2) is 30.3 Å². The van der Waals surface area contributed by atoms with Gasteiger partial charge >= 0.3 is 5.97 Å². The molecule has 0 aliphatic carbocycles. The number of rotatable bonds is 8. The summed E-state index contributed by atoms with van der Waals surface area (Å²) in [6.07, 6.45) is 2.16. The fourth-order valence-electron chi connectivity index (χ4n) is 1.93. The Morgan fingerprint density at radius 2 is 1.81 bits per heavy atom. The highest BCUT2D eigenvalue weighted by Gasteiger charge is 2.17. The van der Waals surface area contributed by atoms with Gasteiger partial charge in [0.2, 0.25) is 0 Å². The van der Waals surface area contributed by atoms with Crippen molar-refractivity contribution >= 4 is 17.7 Å². The smallest absolute Gasteiger partial charge is 0.305 e. The van der Waals surface area contributed by atoms with E-state index in [4.69, 9.17) is 0 Å². The molecule has 0 saturated heterocycles. The van der Waals surface area contributed by atoms with Gasteiger partial charge in [-0.3, -0.25) is 14.4 Å². The largest absolute Gasteiger partial charge is 0.469 e. The third-order valence-electron chi connectivity index (χ3n) is 3.18. The molecule has 21 heavy (non-hydrogen) atoms. The van der Waals surface area contributed by atoms with Crippen molar-refractivity contribution in [2.75, 3.05) is 7.11 Å². The number of hydrogen-bond acceptors (Lipinski definition) is 4. The Kier molecular flexibility index (Phi) is 7.15. The van der Waals surface area contributed by atoms with Crippen LogP contribution in [0, 0.1) is 0 Å². The monoisotopic (exact) mass is 291 g/mol. The molecule has 0 aliphatic heterocycles. The lowest BCUT2D eigenvalue weighted by Crippen LogP contribution is -2.39. The minimum Gasteiger partial charge on any atom is -0.469 e. The number of unbranched alkanes of at least 4 members (excludes halogenated alkanes) is 1. The second-order valence-corrected chi connectivity index (χ2v) is 4.82. The van der Waals surface area contributed by atoms with Crippen molar-refractivity contribution in [3.8, 4) is 0 Å². The summed E-state index contributed by atoms with van der Waals surface area (Å²) in [7, 11) is 1.35. The molecule has 0 radical (unpaired) electrons. The Labute approximate surface area is 124 Å². The number of Topliss-reactive ketones (excluding diaryl/α,β-unsaturated/α-hetero) is 1. The molecule has 1 atom stereocenters. The summed E-state index contributed by atoms with van der Waals surface area (Å²) in [5.41, 5.74) is 0.526. The summed E-state index contributed by atoms with van der Waals surface area (Å²) in [4.78, 5) is 34.6. The minimum absolute atomic E-state index is 0.0858. The van der Waals surface area contributed by atoms with E-state index in [-0.39, 0.29) is 17.7 Å². The summed E-state index contributed by atoms with van der Waals surface area (Å²) in [5.74, 6) is -0.608. The molecule has 1 unspecified atom stereocenters. The average Bonchev–Trinajstić information content (AvgIpc) is 2.50. The van der Waals surface area contributed by atoms with Gasteiger partial charge in [0.05, 0.1) is 13.2 Å². The number of benzene rings is 1. The van der Waals surface area contributed by atoms with Crippen molar-refractivity contribution < 1.29 is 19.1 Å². The van der Waals surface area contributed by atoms with E-state index in [9.17, 15) is 14.4 Å². The Balaban J connectivity index is 2.45. The molecule has 1 aromatic carbocycles. The summed E-state index contributed by atoms with van der Waals surface area (Å²) in [6, 6.07) is 8.25. The molecule has 114 valence electrons. The molecule has 1 amide bonds. The molecule has 5 heteroatoms. The average molecular weight is 291 g/mol. The lowest BCUT2D eigenvalue weighted by Gasteiger charge is -2.15. The van der Waals surface area contributed by atoms with Gasteiger partial charge in [0.1, 0.15) is 0 Å². The molecule has 0 saturated carbocycles. The van der Waals surface area contributed by atoms with Crippen LogP contribution < -0.4 is 5.32 Å². The van der Waals surface area contributed by atoms with Gasteiger partial charge in [0, 0.05) is 12.0 Å². The maximum Gasteiger partial charge on any atom is 0.305 e. The SMILES string of the molecule is COC(=O)CCCCC(NC(=O)c1ccccc1)C(C)=O. The Bertz CT molecular complexity index is 484. The van der Waals surface area contributed by atoms with Crippen LogP contribution >= 0.6 is 0 Å². The molecule has 1 rings (SSSR count). The first-order valence-electron chi connectivity index (χ1n) is 6.97. The Hall–Kier alpha value is -2.17. The van der Waals surface area contributed by atoms with Crippen molar-refractivity contribution in [3.05, 3.63) is 35.9 Å². The van der Waals surface area contributed by atoms with Gasteiger partial charge in [-0.05, 0) is 31.9 Å². The number of methoxy groups -OCH3 is 1. The van der Waals surface area contributed by atoms with Gasteiger partial charge in [-0.25, -0.2) is 0 Å². The molecule has 0 aromatic heterocycles. The molecule has 0 bridgehead atoms. The second-order valence-electron chi connectivity index (χ2n) is 4.82. The van der Waals surface area contributed by atoms with E-state index in [1.165, 1.54) is 14.0 Å². The van der Waals surface area contributed by atoms with Crippen LogP contribution in [-0.2, 0) is 14.3 Å². The van der Waals surface area contributed by atoms with E-state index in [1.54, 1.807) is 24.3 Å². The van der Waals surface area contributed by atoms with Crippen molar-refractivity contribution in [2.45, 2.75) is 38.6 Å². The quantitative estimate of drug-likeness (QED) is 0.588. The van der Waals surface area contributed by atoms with Crippen LogP contribution in [0.1, 0.15) is 43.0 Å². The Morgan fingerprint density at radius 1 is 1.14 bits per heavy atom. The van der Waals surface area contributed by atoms with Gasteiger partial charge < -0.3 is 10.1 Å². The standard InChI is InChI=1S/C16H21NO4/c1-12(18)14(10-6-7-11-15(19)21-2)17-16(20)13-8-4-3-5-9-13/h3-5,8-9,14H,6-7,10-11H2,1-2H3,(H,17,20). The zero-order chi connectivity index (χ0) is 15.7. The molecular weight excluding hydrogens is 270 g/mol. The first-order valence-corrected chi connectivity index (χ1v) is 6.97. The Morgan fingerprint density at radius 3 is 2.38 bits per heavy atom. The van der Waals surface area contributed by atoms with E-state index < -0.39 is 6.04 Å². The number of carbonyl (C=O) groups excluding carboxylic acids is 3. The summed E-state index contributed by atoms with van der Waals surface area (Å²) in [5, 5.41) is 2.73. The predicted molar refractivity (Wildman–Crippen MR) is 78.9 cm³/mol. The first kappa shape index (κ1) is 16.9. The number of ketones is 1.